The Labute approximate surface area is 141 Å². The monoisotopic (exact) mass is 337 g/mol. The van der Waals surface area contributed by atoms with E-state index in [1.807, 2.05) is 0 Å². The molecule has 2 N–H and O–H groups in total. The van der Waals surface area contributed by atoms with Crippen molar-refractivity contribution < 1.29 is 29.0 Å². The molecule has 1 aromatic rings. The standard InChI is InChI=1S/C17H23NO6/c1-17(2,3)24-16(22)18-13(14(20)10-15(21)23-4)9-11-5-7-12(19)8-6-11/h5-8,13,19H,9-10H2,1-4H3,(H,18,22)/t13-/m0/s1. The fourth-order valence-corrected chi connectivity index (χ4v) is 1.90. The Hall–Kier alpha value is -2.57. The van der Waals surface area contributed by atoms with Crippen molar-refractivity contribution in [2.45, 2.75) is 45.3 Å². The van der Waals surface area contributed by atoms with Gasteiger partial charge in [-0.15, -0.1) is 0 Å². The van der Waals surface area contributed by atoms with Gasteiger partial charge in [0.2, 0.25) is 0 Å². The third kappa shape index (κ3) is 7.13. The zero-order chi connectivity index (χ0) is 18.3. The molecule has 1 atom stereocenters. The molecule has 0 saturated heterocycles. The summed E-state index contributed by atoms with van der Waals surface area (Å²) in [5.41, 5.74) is 0.00513. The summed E-state index contributed by atoms with van der Waals surface area (Å²) in [6, 6.07) is 5.27. The van der Waals surface area contributed by atoms with Crippen LogP contribution in [0.25, 0.3) is 0 Å². The molecule has 0 saturated carbocycles. The van der Waals surface area contributed by atoms with Crippen LogP contribution in [-0.2, 0) is 25.5 Å². The number of alkyl carbamates (subject to hydrolysis) is 1. The van der Waals surface area contributed by atoms with Gasteiger partial charge in [-0.1, -0.05) is 12.1 Å². The maximum Gasteiger partial charge on any atom is 0.408 e. The summed E-state index contributed by atoms with van der Waals surface area (Å²) in [5.74, 6) is -1.07. The number of amides is 1. The van der Waals surface area contributed by atoms with Gasteiger partial charge in [-0.05, 0) is 44.9 Å². The molecular weight excluding hydrogens is 314 g/mol. The largest absolute Gasteiger partial charge is 0.508 e. The molecule has 132 valence electrons. The normalized spacial score (nSPS) is 12.2. The Balaban J connectivity index is 2.85. The first kappa shape index (κ1) is 19.5. The first-order valence-corrected chi connectivity index (χ1v) is 7.47. The van der Waals surface area contributed by atoms with Crippen molar-refractivity contribution in [3.63, 3.8) is 0 Å². The molecule has 1 rings (SSSR count). The first-order chi connectivity index (χ1) is 11.1. The molecule has 0 fully saturated rings. The van der Waals surface area contributed by atoms with Crippen molar-refractivity contribution in [3.8, 4) is 5.75 Å². The molecule has 1 aromatic carbocycles. The summed E-state index contributed by atoms with van der Waals surface area (Å²) in [5, 5.41) is 11.8. The van der Waals surface area contributed by atoms with Crippen molar-refractivity contribution in [2.75, 3.05) is 7.11 Å². The number of esters is 1. The molecule has 0 spiro atoms. The smallest absolute Gasteiger partial charge is 0.408 e. The molecule has 0 heterocycles. The van der Waals surface area contributed by atoms with Gasteiger partial charge in [0, 0.05) is 0 Å². The van der Waals surface area contributed by atoms with Crippen LogP contribution in [0.15, 0.2) is 24.3 Å². The lowest BCUT2D eigenvalue weighted by Crippen LogP contribution is -2.45. The van der Waals surface area contributed by atoms with Gasteiger partial charge in [0.15, 0.2) is 5.78 Å². The van der Waals surface area contributed by atoms with Gasteiger partial charge in [0.25, 0.3) is 0 Å². The van der Waals surface area contributed by atoms with E-state index in [-0.39, 0.29) is 12.2 Å². The van der Waals surface area contributed by atoms with Crippen LogP contribution in [0.3, 0.4) is 0 Å². The zero-order valence-corrected chi connectivity index (χ0v) is 14.3. The molecule has 1 amide bonds. The van der Waals surface area contributed by atoms with E-state index in [2.05, 4.69) is 10.1 Å². The number of Topliss-reactive ketones (excluding diaryl/α,β-unsaturated/α-hetero) is 1. The maximum absolute atomic E-state index is 12.3. The van der Waals surface area contributed by atoms with E-state index < -0.39 is 35.9 Å². The van der Waals surface area contributed by atoms with Gasteiger partial charge >= 0.3 is 12.1 Å². The predicted octanol–water partition coefficient (Wildman–Crippen LogP) is 1.96. The number of methoxy groups -OCH3 is 1. The van der Waals surface area contributed by atoms with Crippen LogP contribution in [0.4, 0.5) is 4.79 Å². The SMILES string of the molecule is COC(=O)CC(=O)[C@H](Cc1ccc(O)cc1)NC(=O)OC(C)(C)C. The Morgan fingerprint density at radius 2 is 1.75 bits per heavy atom. The Morgan fingerprint density at radius 3 is 2.25 bits per heavy atom. The number of carbonyl (C=O) groups excluding carboxylic acids is 3. The average Bonchev–Trinajstić information content (AvgIpc) is 2.46. The second kappa shape index (κ2) is 8.33. The van der Waals surface area contributed by atoms with Crippen molar-refractivity contribution in [2.24, 2.45) is 0 Å². The van der Waals surface area contributed by atoms with Gasteiger partial charge in [-0.3, -0.25) is 9.59 Å². The zero-order valence-electron chi connectivity index (χ0n) is 14.3. The van der Waals surface area contributed by atoms with E-state index in [1.54, 1.807) is 32.9 Å². The molecule has 7 nitrogen and oxygen atoms in total. The number of rotatable bonds is 6. The van der Waals surface area contributed by atoms with Gasteiger partial charge in [-0.2, -0.15) is 0 Å². The van der Waals surface area contributed by atoms with Crippen LogP contribution >= 0.6 is 0 Å². The third-order valence-electron chi connectivity index (χ3n) is 3.00. The van der Waals surface area contributed by atoms with Crippen LogP contribution in [-0.4, -0.2) is 41.7 Å². The van der Waals surface area contributed by atoms with Crippen molar-refractivity contribution >= 4 is 17.8 Å². The van der Waals surface area contributed by atoms with Crippen molar-refractivity contribution in [1.29, 1.82) is 0 Å². The van der Waals surface area contributed by atoms with E-state index >= 15 is 0 Å². The van der Waals surface area contributed by atoms with E-state index in [1.165, 1.54) is 19.2 Å². The number of ketones is 1. The Kier molecular flexibility index (Phi) is 6.76. The highest BCUT2D eigenvalue weighted by molar-refractivity contribution is 5.99. The minimum Gasteiger partial charge on any atom is -0.508 e. The topological polar surface area (TPSA) is 102 Å². The minimum atomic E-state index is -0.941. The lowest BCUT2D eigenvalue weighted by Gasteiger charge is -2.23. The highest BCUT2D eigenvalue weighted by atomic mass is 16.6. The van der Waals surface area contributed by atoms with Gasteiger partial charge in [-0.25, -0.2) is 4.79 Å². The summed E-state index contributed by atoms with van der Waals surface area (Å²) < 4.78 is 9.63. The molecule has 0 aliphatic rings. The first-order valence-electron chi connectivity index (χ1n) is 7.47. The summed E-state index contributed by atoms with van der Waals surface area (Å²) >= 11 is 0. The molecule has 24 heavy (non-hydrogen) atoms. The number of hydrogen-bond acceptors (Lipinski definition) is 6. The molecule has 0 unspecified atom stereocenters. The fourth-order valence-electron chi connectivity index (χ4n) is 1.90. The number of aromatic hydroxyl groups is 1. The minimum absolute atomic E-state index is 0.0938. The fraction of sp³-hybridized carbons (Fsp3) is 0.471. The van der Waals surface area contributed by atoms with E-state index in [9.17, 15) is 19.5 Å². The molecule has 0 bridgehead atoms. The van der Waals surface area contributed by atoms with Crippen LogP contribution in [0.2, 0.25) is 0 Å². The molecule has 0 aliphatic carbocycles. The number of carbonyl (C=O) groups is 3. The van der Waals surface area contributed by atoms with E-state index in [0.29, 0.717) is 5.56 Å². The lowest BCUT2D eigenvalue weighted by atomic mass is 10.0. The van der Waals surface area contributed by atoms with Gasteiger partial charge in [0.1, 0.15) is 17.8 Å². The number of hydrogen-bond donors (Lipinski definition) is 2. The molecule has 7 heteroatoms. The van der Waals surface area contributed by atoms with Crippen LogP contribution in [0.1, 0.15) is 32.8 Å². The molecule has 0 aromatic heterocycles. The summed E-state index contributed by atoms with van der Waals surface area (Å²) in [6.45, 7) is 5.12. The number of phenols is 1. The molecule has 0 radical (unpaired) electrons. The Bertz CT molecular complexity index is 588. The molecular formula is C17H23NO6. The van der Waals surface area contributed by atoms with Crippen LogP contribution in [0, 0.1) is 0 Å². The summed E-state index contributed by atoms with van der Waals surface area (Å²) in [4.78, 5) is 35.5. The van der Waals surface area contributed by atoms with Gasteiger partial charge in [0.05, 0.1) is 13.2 Å². The predicted molar refractivity (Wildman–Crippen MR) is 86.6 cm³/mol. The number of phenolic OH excluding ortho intramolecular Hbond substituents is 1. The molecule has 0 aliphatic heterocycles. The quantitative estimate of drug-likeness (QED) is 0.608. The van der Waals surface area contributed by atoms with Crippen molar-refractivity contribution in [3.05, 3.63) is 29.8 Å². The highest BCUT2D eigenvalue weighted by Gasteiger charge is 2.26. The van der Waals surface area contributed by atoms with Crippen LogP contribution < -0.4 is 5.32 Å². The maximum atomic E-state index is 12.3. The van der Waals surface area contributed by atoms with Crippen molar-refractivity contribution in [1.82, 2.24) is 5.32 Å². The third-order valence-corrected chi connectivity index (χ3v) is 3.00. The average molecular weight is 337 g/mol. The number of benzene rings is 1. The highest BCUT2D eigenvalue weighted by Crippen LogP contribution is 2.13. The van der Waals surface area contributed by atoms with E-state index in [0.717, 1.165) is 0 Å². The van der Waals surface area contributed by atoms with E-state index in [4.69, 9.17) is 4.74 Å². The second-order valence-corrected chi connectivity index (χ2v) is 6.29. The summed E-state index contributed by atoms with van der Waals surface area (Å²) in [7, 11) is 1.19. The number of nitrogens with one attached hydrogen (secondary N) is 1. The lowest BCUT2D eigenvalue weighted by molar-refractivity contribution is -0.143. The van der Waals surface area contributed by atoms with Crippen LogP contribution in [0.5, 0.6) is 5.75 Å². The summed E-state index contributed by atoms with van der Waals surface area (Å²) in [6.07, 6.45) is -1.03. The Morgan fingerprint density at radius 1 is 1.17 bits per heavy atom. The second-order valence-electron chi connectivity index (χ2n) is 6.29. The van der Waals surface area contributed by atoms with Gasteiger partial charge < -0.3 is 19.9 Å². The number of ether oxygens (including phenoxy) is 2.